The molecule has 6 nitrogen and oxygen atoms in total. The van der Waals surface area contributed by atoms with E-state index in [2.05, 4.69) is 17.4 Å². The monoisotopic (exact) mass is 362 g/mol. The lowest BCUT2D eigenvalue weighted by molar-refractivity contribution is -0.123. The molecule has 2 aromatic heterocycles. The molecule has 0 saturated carbocycles. The fourth-order valence-corrected chi connectivity index (χ4v) is 4.06. The van der Waals surface area contributed by atoms with Crippen molar-refractivity contribution in [3.63, 3.8) is 0 Å². The van der Waals surface area contributed by atoms with Crippen molar-refractivity contribution in [2.45, 2.75) is 52.6 Å². The third-order valence-electron chi connectivity index (χ3n) is 4.49. The van der Waals surface area contributed by atoms with Gasteiger partial charge in [0.15, 0.2) is 6.10 Å². The van der Waals surface area contributed by atoms with Gasteiger partial charge in [0, 0.05) is 10.9 Å². The first-order valence-corrected chi connectivity index (χ1v) is 9.34. The Morgan fingerprint density at radius 2 is 2.28 bits per heavy atom. The average Bonchev–Trinajstić information content (AvgIpc) is 3.19. The van der Waals surface area contributed by atoms with Gasteiger partial charge in [-0.2, -0.15) is 0 Å². The van der Waals surface area contributed by atoms with Crippen LogP contribution in [0.4, 0.5) is 5.88 Å². The van der Waals surface area contributed by atoms with E-state index >= 15 is 0 Å². The number of nitrogens with one attached hydrogen (secondary N) is 1. The van der Waals surface area contributed by atoms with Crippen LogP contribution in [0, 0.1) is 12.8 Å². The molecular formula is C18H22N2O4S. The van der Waals surface area contributed by atoms with Gasteiger partial charge >= 0.3 is 5.97 Å². The van der Waals surface area contributed by atoms with Crippen molar-refractivity contribution < 1.29 is 18.8 Å². The molecule has 0 radical (unpaired) electrons. The summed E-state index contributed by atoms with van der Waals surface area (Å²) in [4.78, 5) is 26.3. The number of ether oxygens (including phenoxy) is 1. The molecule has 0 bridgehead atoms. The zero-order valence-corrected chi connectivity index (χ0v) is 15.4. The van der Waals surface area contributed by atoms with Crippen LogP contribution < -0.4 is 5.32 Å². The highest BCUT2D eigenvalue weighted by atomic mass is 32.1. The molecular weight excluding hydrogens is 340 g/mol. The lowest BCUT2D eigenvalue weighted by Gasteiger charge is -2.19. The number of hydrogen-bond donors (Lipinski definition) is 1. The second-order valence-corrected chi connectivity index (χ2v) is 7.58. The lowest BCUT2D eigenvalue weighted by Crippen LogP contribution is -2.29. The van der Waals surface area contributed by atoms with Crippen LogP contribution in [0.25, 0.3) is 0 Å². The minimum atomic E-state index is -0.916. The van der Waals surface area contributed by atoms with Crippen molar-refractivity contribution in [1.29, 1.82) is 0 Å². The van der Waals surface area contributed by atoms with Crippen LogP contribution in [0.5, 0.6) is 0 Å². The van der Waals surface area contributed by atoms with E-state index in [1.165, 1.54) is 35.1 Å². The Hall–Kier alpha value is -2.15. The number of fused-ring (bicyclic) bond motifs is 1. The van der Waals surface area contributed by atoms with Crippen molar-refractivity contribution in [1.82, 2.24) is 5.16 Å². The molecule has 134 valence electrons. The molecule has 0 unspecified atom stereocenters. The van der Waals surface area contributed by atoms with Crippen LogP contribution in [-0.2, 0) is 22.4 Å². The maximum Gasteiger partial charge on any atom is 0.349 e. The first-order chi connectivity index (χ1) is 12.0. The normalized spacial score (nSPS) is 17.6. The summed E-state index contributed by atoms with van der Waals surface area (Å²) in [6.07, 6.45) is 3.46. The van der Waals surface area contributed by atoms with Gasteiger partial charge in [0.05, 0.1) is 5.69 Å². The molecule has 0 aliphatic heterocycles. The van der Waals surface area contributed by atoms with Crippen LogP contribution >= 0.6 is 11.3 Å². The Bertz CT molecular complexity index is 780. The molecule has 25 heavy (non-hydrogen) atoms. The number of amides is 1. The van der Waals surface area contributed by atoms with Gasteiger partial charge in [-0.3, -0.25) is 10.1 Å². The first kappa shape index (κ1) is 17.7. The van der Waals surface area contributed by atoms with Gasteiger partial charge in [0.2, 0.25) is 5.88 Å². The molecule has 1 amide bonds. The number of thiophene rings is 1. The van der Waals surface area contributed by atoms with E-state index in [1.807, 2.05) is 6.07 Å². The van der Waals surface area contributed by atoms with Gasteiger partial charge in [0.25, 0.3) is 5.91 Å². The summed E-state index contributed by atoms with van der Waals surface area (Å²) < 4.78 is 10.2. The van der Waals surface area contributed by atoms with Gasteiger partial charge < -0.3 is 9.26 Å². The fourth-order valence-electron chi connectivity index (χ4n) is 2.97. The van der Waals surface area contributed by atoms with Crippen LogP contribution in [0.1, 0.15) is 52.5 Å². The Balaban J connectivity index is 1.60. The van der Waals surface area contributed by atoms with Gasteiger partial charge in [-0.15, -0.1) is 11.3 Å². The minimum Gasteiger partial charge on any atom is -0.448 e. The van der Waals surface area contributed by atoms with Gasteiger partial charge in [0.1, 0.15) is 4.88 Å². The Labute approximate surface area is 150 Å². The molecule has 1 N–H and O–H groups in total. The standard InChI is InChI=1S/C18H22N2O4S/c1-4-12-5-6-14-13(8-12)9-15(25-14)18(22)23-11(3)17(21)19-16-7-10(2)20-24-16/h7,9,11-12H,4-6,8H2,1-3H3,(H,19,21)/t11-,12+/m0/s1. The number of rotatable bonds is 5. The highest BCUT2D eigenvalue weighted by molar-refractivity contribution is 7.14. The molecule has 1 aliphatic rings. The summed E-state index contributed by atoms with van der Waals surface area (Å²) >= 11 is 1.48. The number of anilines is 1. The van der Waals surface area contributed by atoms with Gasteiger partial charge in [-0.1, -0.05) is 18.5 Å². The third kappa shape index (κ3) is 4.10. The van der Waals surface area contributed by atoms with E-state index in [1.54, 1.807) is 13.0 Å². The van der Waals surface area contributed by atoms with E-state index in [0.29, 0.717) is 16.5 Å². The number of carbonyl (C=O) groups excluding carboxylic acids is 2. The van der Waals surface area contributed by atoms with Crippen molar-refractivity contribution in [3.05, 3.63) is 33.1 Å². The molecule has 1 aliphatic carbocycles. The summed E-state index contributed by atoms with van der Waals surface area (Å²) in [7, 11) is 0. The van der Waals surface area contributed by atoms with Crippen LogP contribution in [-0.4, -0.2) is 23.1 Å². The van der Waals surface area contributed by atoms with Crippen LogP contribution in [0.15, 0.2) is 16.7 Å². The molecule has 2 atom stereocenters. The Kier molecular flexibility index (Phi) is 5.22. The van der Waals surface area contributed by atoms with E-state index in [9.17, 15) is 9.59 Å². The van der Waals surface area contributed by atoms with Crippen LogP contribution in [0.2, 0.25) is 0 Å². The lowest BCUT2D eigenvalue weighted by atomic mass is 9.87. The minimum absolute atomic E-state index is 0.239. The Morgan fingerprint density at radius 1 is 1.48 bits per heavy atom. The number of nitrogens with zero attached hydrogens (tertiary/aromatic N) is 1. The molecule has 2 aromatic rings. The summed E-state index contributed by atoms with van der Waals surface area (Å²) in [5.74, 6) is 0.0318. The smallest absolute Gasteiger partial charge is 0.349 e. The first-order valence-electron chi connectivity index (χ1n) is 8.53. The van der Waals surface area contributed by atoms with Crippen molar-refractivity contribution in [3.8, 4) is 0 Å². The zero-order chi connectivity index (χ0) is 18.0. The predicted molar refractivity (Wildman–Crippen MR) is 94.9 cm³/mol. The molecule has 7 heteroatoms. The van der Waals surface area contributed by atoms with Gasteiger partial charge in [-0.25, -0.2) is 4.79 Å². The van der Waals surface area contributed by atoms with Crippen molar-refractivity contribution in [2.24, 2.45) is 5.92 Å². The highest BCUT2D eigenvalue weighted by Crippen LogP contribution is 2.33. The maximum absolute atomic E-state index is 12.4. The van der Waals surface area contributed by atoms with Gasteiger partial charge in [-0.05, 0) is 50.7 Å². The Morgan fingerprint density at radius 3 is 2.96 bits per heavy atom. The predicted octanol–water partition coefficient (Wildman–Crippen LogP) is 3.74. The molecule has 0 saturated heterocycles. The number of hydrogen-bond acceptors (Lipinski definition) is 6. The molecule has 0 fully saturated rings. The SMILES string of the molecule is CC[C@@H]1CCc2sc(C(=O)O[C@@H](C)C(=O)Nc3cc(C)no3)cc2C1. The topological polar surface area (TPSA) is 81.4 Å². The molecule has 3 rings (SSSR count). The molecule has 0 spiro atoms. The number of carbonyl (C=O) groups is 2. The second-order valence-electron chi connectivity index (χ2n) is 6.45. The molecule has 0 aromatic carbocycles. The molecule has 2 heterocycles. The average molecular weight is 362 g/mol. The summed E-state index contributed by atoms with van der Waals surface area (Å²) in [5, 5.41) is 6.23. The highest BCUT2D eigenvalue weighted by Gasteiger charge is 2.25. The summed E-state index contributed by atoms with van der Waals surface area (Å²) in [6, 6.07) is 3.53. The number of esters is 1. The van der Waals surface area contributed by atoms with Crippen LogP contribution in [0.3, 0.4) is 0 Å². The van der Waals surface area contributed by atoms with Crippen molar-refractivity contribution >= 4 is 29.1 Å². The zero-order valence-electron chi connectivity index (χ0n) is 14.6. The maximum atomic E-state index is 12.4. The number of aryl methyl sites for hydroxylation is 2. The quantitative estimate of drug-likeness (QED) is 0.819. The summed E-state index contributed by atoms with van der Waals surface area (Å²) in [6.45, 7) is 5.49. The largest absolute Gasteiger partial charge is 0.448 e. The summed E-state index contributed by atoms with van der Waals surface area (Å²) in [5.41, 5.74) is 1.92. The van der Waals surface area contributed by atoms with Crippen molar-refractivity contribution in [2.75, 3.05) is 5.32 Å². The van der Waals surface area contributed by atoms with E-state index in [-0.39, 0.29) is 5.88 Å². The number of aromatic nitrogens is 1. The second kappa shape index (κ2) is 7.39. The van der Waals surface area contributed by atoms with E-state index in [0.717, 1.165) is 19.3 Å². The fraction of sp³-hybridized carbons (Fsp3) is 0.500. The third-order valence-corrected chi connectivity index (χ3v) is 5.71. The van der Waals surface area contributed by atoms with E-state index in [4.69, 9.17) is 9.26 Å². The van der Waals surface area contributed by atoms with E-state index < -0.39 is 18.0 Å².